The molecule has 5 rings (SSSR count). The van der Waals surface area contributed by atoms with Crippen LogP contribution in [0.2, 0.25) is 5.02 Å². The molecule has 0 bridgehead atoms. The van der Waals surface area contributed by atoms with Gasteiger partial charge in [0.15, 0.2) is 19.0 Å². The average molecular weight is 665 g/mol. The van der Waals surface area contributed by atoms with Crippen LogP contribution < -0.4 is 9.47 Å². The summed E-state index contributed by atoms with van der Waals surface area (Å²) in [7, 11) is 0. The zero-order valence-electron chi connectivity index (χ0n) is 24.2. The van der Waals surface area contributed by atoms with Crippen LogP contribution in [0.25, 0.3) is 0 Å². The molecule has 0 aliphatic carbocycles. The molecule has 8 nitrogen and oxygen atoms in total. The highest BCUT2D eigenvalue weighted by Crippen LogP contribution is 2.40. The fourth-order valence-electron chi connectivity index (χ4n) is 4.54. The molecule has 1 saturated heterocycles. The standard InChI is InChI=1S/C34H29ClO8S2/c1-21-16-27-26(43-27)15-9-8-10-22(36)17-25-32(34(39)42-21)28(40-19-30(37)44-23-11-4-2-5-12-23)18-29(33(25)35)41-20-31(38)45-24-13-6-3-7-14-24/h2-15,18,21,26-27H,16-17,19-20H2,1H3/b10-8+,15-9-/t21-,26+,27-/m1/s1. The Balaban J connectivity index is 1.46. The maximum absolute atomic E-state index is 13.7. The van der Waals surface area contributed by atoms with Gasteiger partial charge >= 0.3 is 5.97 Å². The molecular weight excluding hydrogens is 636 g/mol. The van der Waals surface area contributed by atoms with Crippen LogP contribution in [0.5, 0.6) is 11.5 Å². The second-order valence-corrected chi connectivity index (χ2v) is 12.8. The number of carbonyl (C=O) groups is 4. The third-order valence-electron chi connectivity index (χ3n) is 6.68. The molecule has 1 fully saturated rings. The second kappa shape index (κ2) is 15.4. The quantitative estimate of drug-likeness (QED) is 0.147. The predicted molar refractivity (Wildman–Crippen MR) is 172 cm³/mol. The number of ether oxygens (including phenoxy) is 4. The Labute approximate surface area is 274 Å². The van der Waals surface area contributed by atoms with Crippen LogP contribution in [0.4, 0.5) is 0 Å². The van der Waals surface area contributed by atoms with Gasteiger partial charge in [0.25, 0.3) is 0 Å². The molecule has 2 aliphatic rings. The molecule has 232 valence electrons. The van der Waals surface area contributed by atoms with Crippen LogP contribution in [0.1, 0.15) is 29.3 Å². The van der Waals surface area contributed by atoms with Gasteiger partial charge in [0.1, 0.15) is 29.3 Å². The summed E-state index contributed by atoms with van der Waals surface area (Å²) in [5.74, 6) is -1.18. The Morgan fingerprint density at radius 1 is 0.889 bits per heavy atom. The Bertz CT molecular complexity index is 1620. The zero-order valence-corrected chi connectivity index (χ0v) is 26.6. The smallest absolute Gasteiger partial charge is 0.342 e. The lowest BCUT2D eigenvalue weighted by molar-refractivity contribution is -0.114. The first kappa shape index (κ1) is 32.6. The van der Waals surface area contributed by atoms with Crippen molar-refractivity contribution in [2.45, 2.75) is 47.9 Å². The number of hydrogen-bond acceptors (Lipinski definition) is 10. The molecule has 45 heavy (non-hydrogen) atoms. The lowest BCUT2D eigenvalue weighted by Crippen LogP contribution is -2.21. The molecule has 0 radical (unpaired) electrons. The number of esters is 1. The average Bonchev–Trinajstić information content (AvgIpc) is 3.76. The summed E-state index contributed by atoms with van der Waals surface area (Å²) < 4.78 is 23.1. The Kier molecular flexibility index (Phi) is 11.2. The molecule has 3 aromatic carbocycles. The van der Waals surface area contributed by atoms with Gasteiger partial charge in [-0.05, 0) is 60.8 Å². The zero-order chi connectivity index (χ0) is 31.8. The molecule has 3 atom stereocenters. The molecule has 11 heteroatoms. The molecule has 0 unspecified atom stereocenters. The molecule has 0 saturated carbocycles. The first-order valence-corrected chi connectivity index (χ1v) is 16.1. The van der Waals surface area contributed by atoms with E-state index in [-0.39, 0.29) is 68.9 Å². The molecule has 0 amide bonds. The van der Waals surface area contributed by atoms with Gasteiger partial charge in [0, 0.05) is 34.3 Å². The number of carbonyl (C=O) groups excluding carboxylic acids is 4. The summed E-state index contributed by atoms with van der Waals surface area (Å²) in [5, 5.41) is -0.666. The summed E-state index contributed by atoms with van der Waals surface area (Å²) in [6, 6.07) is 19.5. The fourth-order valence-corrected chi connectivity index (χ4v) is 6.16. The number of fused-ring (bicyclic) bond motifs is 2. The highest BCUT2D eigenvalue weighted by Gasteiger charge is 2.38. The lowest BCUT2D eigenvalue weighted by Gasteiger charge is -2.20. The van der Waals surface area contributed by atoms with Crippen LogP contribution >= 0.6 is 35.1 Å². The maximum Gasteiger partial charge on any atom is 0.342 e. The highest BCUT2D eigenvalue weighted by molar-refractivity contribution is 8.14. The van der Waals surface area contributed by atoms with E-state index in [4.69, 9.17) is 30.5 Å². The number of allylic oxidation sites excluding steroid dienone is 3. The number of epoxide rings is 1. The van der Waals surface area contributed by atoms with E-state index in [2.05, 4.69) is 0 Å². The van der Waals surface area contributed by atoms with Gasteiger partial charge in [-0.2, -0.15) is 0 Å². The van der Waals surface area contributed by atoms with Gasteiger partial charge in [-0.1, -0.05) is 66.2 Å². The number of halogens is 1. The van der Waals surface area contributed by atoms with Gasteiger partial charge in [-0.25, -0.2) is 4.79 Å². The number of rotatable bonds is 8. The Hall–Kier alpha value is -3.83. The van der Waals surface area contributed by atoms with E-state index in [1.807, 2.05) is 42.5 Å². The van der Waals surface area contributed by atoms with Gasteiger partial charge in [-0.3, -0.25) is 14.4 Å². The van der Waals surface area contributed by atoms with Gasteiger partial charge in [-0.15, -0.1) is 0 Å². The van der Waals surface area contributed by atoms with E-state index < -0.39 is 18.7 Å². The van der Waals surface area contributed by atoms with E-state index >= 15 is 0 Å². The predicted octanol–water partition coefficient (Wildman–Crippen LogP) is 6.68. The summed E-state index contributed by atoms with van der Waals surface area (Å²) in [6.45, 7) is 0.977. The van der Waals surface area contributed by atoms with Crippen molar-refractivity contribution >= 4 is 57.1 Å². The SMILES string of the molecule is C[C@@H]1C[C@H]2O[C@H]2/C=C\C=C\C(=O)Cc2c(Cl)c(OCC(=O)Sc3ccccc3)cc(OCC(=O)Sc3ccccc3)c2C(=O)O1. The molecule has 2 aliphatic heterocycles. The molecule has 0 spiro atoms. The molecular formula is C34H29ClO8S2. The number of thioether (sulfide) groups is 2. The first-order chi connectivity index (χ1) is 21.8. The summed E-state index contributed by atoms with van der Waals surface area (Å²) >= 11 is 8.76. The van der Waals surface area contributed by atoms with Crippen LogP contribution in [-0.2, 0) is 30.3 Å². The van der Waals surface area contributed by atoms with Gasteiger partial charge in [0.05, 0.1) is 11.1 Å². The summed E-state index contributed by atoms with van der Waals surface area (Å²) in [6.07, 6.45) is 5.91. The van der Waals surface area contributed by atoms with Gasteiger partial charge in [0.2, 0.25) is 10.2 Å². The monoisotopic (exact) mass is 664 g/mol. The fraction of sp³-hybridized carbons (Fsp3) is 0.235. The summed E-state index contributed by atoms with van der Waals surface area (Å²) in [4.78, 5) is 53.7. The van der Waals surface area contributed by atoms with Crippen LogP contribution in [0.3, 0.4) is 0 Å². The highest BCUT2D eigenvalue weighted by atomic mass is 35.5. The second-order valence-electron chi connectivity index (χ2n) is 10.2. The number of cyclic esters (lactones) is 1. The van der Waals surface area contributed by atoms with Crippen molar-refractivity contribution in [1.82, 2.24) is 0 Å². The molecule has 2 heterocycles. The van der Waals surface area contributed by atoms with Crippen molar-refractivity contribution in [1.29, 1.82) is 0 Å². The van der Waals surface area contributed by atoms with Crippen molar-refractivity contribution < 1.29 is 38.1 Å². The topological polar surface area (TPSA) is 108 Å². The maximum atomic E-state index is 13.7. The number of benzene rings is 3. The van der Waals surface area contributed by atoms with Crippen molar-refractivity contribution in [2.75, 3.05) is 13.2 Å². The van der Waals surface area contributed by atoms with Crippen molar-refractivity contribution in [3.63, 3.8) is 0 Å². The Morgan fingerprint density at radius 2 is 1.49 bits per heavy atom. The van der Waals surface area contributed by atoms with Crippen molar-refractivity contribution in [3.8, 4) is 11.5 Å². The third kappa shape index (κ3) is 9.34. The van der Waals surface area contributed by atoms with E-state index in [0.717, 1.165) is 33.3 Å². The lowest BCUT2D eigenvalue weighted by atomic mass is 9.99. The van der Waals surface area contributed by atoms with Crippen LogP contribution in [0, 0.1) is 0 Å². The third-order valence-corrected chi connectivity index (χ3v) is 8.80. The Morgan fingerprint density at radius 3 is 2.11 bits per heavy atom. The van der Waals surface area contributed by atoms with Crippen molar-refractivity contribution in [3.05, 3.63) is 107 Å². The van der Waals surface area contributed by atoms with E-state index in [1.54, 1.807) is 43.3 Å². The molecule has 0 N–H and O–H groups in total. The van der Waals surface area contributed by atoms with E-state index in [9.17, 15) is 19.2 Å². The van der Waals surface area contributed by atoms with E-state index in [1.165, 1.54) is 12.1 Å². The largest absolute Gasteiger partial charge is 0.484 e. The molecule has 0 aromatic heterocycles. The normalized spacial score (nSPS) is 20.9. The minimum Gasteiger partial charge on any atom is -0.484 e. The minimum atomic E-state index is -0.776. The summed E-state index contributed by atoms with van der Waals surface area (Å²) in [5.41, 5.74) is 0.00763. The van der Waals surface area contributed by atoms with Crippen LogP contribution in [-0.4, -0.2) is 53.5 Å². The number of hydrogen-bond donors (Lipinski definition) is 0. The first-order valence-electron chi connectivity index (χ1n) is 14.1. The van der Waals surface area contributed by atoms with Crippen molar-refractivity contribution in [2.24, 2.45) is 0 Å². The van der Waals surface area contributed by atoms with E-state index in [0.29, 0.717) is 6.42 Å². The van der Waals surface area contributed by atoms with Crippen LogP contribution in [0.15, 0.2) is 101 Å². The molecule has 3 aromatic rings. The minimum absolute atomic E-state index is 0.0171. The number of ketones is 1. The van der Waals surface area contributed by atoms with Gasteiger partial charge < -0.3 is 18.9 Å².